The summed E-state index contributed by atoms with van der Waals surface area (Å²) in [6.45, 7) is 0. The Morgan fingerprint density at radius 2 is 1.96 bits per heavy atom. The summed E-state index contributed by atoms with van der Waals surface area (Å²) in [6.07, 6.45) is 5.81. The first-order valence-corrected chi connectivity index (χ1v) is 9.01. The third-order valence-electron chi connectivity index (χ3n) is 4.68. The summed E-state index contributed by atoms with van der Waals surface area (Å²) in [5.74, 6) is 1.39. The smallest absolute Gasteiger partial charge is 0.275 e. The van der Waals surface area contributed by atoms with Gasteiger partial charge in [-0.15, -0.1) is 11.3 Å². The molecule has 1 saturated carbocycles. The number of thiophene rings is 1. The van der Waals surface area contributed by atoms with Crippen molar-refractivity contribution >= 4 is 31.8 Å². The Kier molecular flexibility index (Phi) is 3.15. The van der Waals surface area contributed by atoms with Gasteiger partial charge in [0.2, 0.25) is 0 Å². The van der Waals surface area contributed by atoms with E-state index in [1.54, 1.807) is 30.3 Å². The molecule has 0 bridgehead atoms. The molecule has 6 heteroatoms. The van der Waals surface area contributed by atoms with E-state index in [4.69, 9.17) is 4.74 Å². The van der Waals surface area contributed by atoms with Crippen LogP contribution in [0.5, 0.6) is 5.75 Å². The zero-order valence-corrected chi connectivity index (χ0v) is 14.4. The average Bonchev–Trinajstić information content (AvgIpc) is 3.42. The number of rotatable bonds is 3. The van der Waals surface area contributed by atoms with E-state index >= 15 is 0 Å². The van der Waals surface area contributed by atoms with Crippen molar-refractivity contribution in [1.82, 2.24) is 14.5 Å². The molecule has 3 aromatic heterocycles. The number of fused-ring (bicyclic) bond motifs is 3. The predicted molar refractivity (Wildman–Crippen MR) is 99.0 cm³/mol. The van der Waals surface area contributed by atoms with Crippen molar-refractivity contribution in [2.75, 3.05) is 7.11 Å². The van der Waals surface area contributed by atoms with Gasteiger partial charge in [0.15, 0.2) is 0 Å². The van der Waals surface area contributed by atoms with Crippen molar-refractivity contribution in [3.8, 4) is 11.4 Å². The Morgan fingerprint density at radius 3 is 2.68 bits per heavy atom. The number of aromatic nitrogens is 3. The van der Waals surface area contributed by atoms with Crippen molar-refractivity contribution in [2.45, 2.75) is 18.8 Å². The van der Waals surface area contributed by atoms with Crippen molar-refractivity contribution in [2.24, 2.45) is 0 Å². The van der Waals surface area contributed by atoms with Crippen LogP contribution in [0, 0.1) is 0 Å². The van der Waals surface area contributed by atoms with Crippen LogP contribution in [0.4, 0.5) is 0 Å². The maximum absolute atomic E-state index is 13.0. The number of methoxy groups -OCH3 is 1. The molecule has 0 radical (unpaired) electrons. The van der Waals surface area contributed by atoms with E-state index in [2.05, 4.69) is 22.1 Å². The highest BCUT2D eigenvalue weighted by Gasteiger charge is 2.23. The second-order valence-corrected chi connectivity index (χ2v) is 7.26. The van der Waals surface area contributed by atoms with Crippen LogP contribution in [0.1, 0.15) is 24.3 Å². The van der Waals surface area contributed by atoms with Crippen molar-refractivity contribution in [3.63, 3.8) is 0 Å². The molecule has 0 N–H and O–H groups in total. The van der Waals surface area contributed by atoms with Crippen molar-refractivity contribution in [1.29, 1.82) is 0 Å². The zero-order chi connectivity index (χ0) is 17.0. The monoisotopic (exact) mass is 349 g/mol. The van der Waals surface area contributed by atoms with Crippen molar-refractivity contribution in [3.05, 3.63) is 58.8 Å². The molecule has 1 fully saturated rings. The quantitative estimate of drug-likeness (QED) is 0.563. The number of pyridine rings is 1. The number of benzene rings is 1. The Hall–Kier alpha value is -2.73. The molecule has 0 spiro atoms. The van der Waals surface area contributed by atoms with E-state index in [-0.39, 0.29) is 5.56 Å². The fraction of sp³-hybridized carbons (Fsp3) is 0.211. The molecule has 1 aromatic carbocycles. The molecule has 25 heavy (non-hydrogen) atoms. The van der Waals surface area contributed by atoms with Gasteiger partial charge >= 0.3 is 0 Å². The van der Waals surface area contributed by atoms with Crippen LogP contribution in [-0.4, -0.2) is 21.6 Å². The molecule has 0 atom stereocenters. The number of hydrogen-bond acceptors (Lipinski definition) is 5. The molecule has 0 aliphatic heterocycles. The van der Waals surface area contributed by atoms with Crippen LogP contribution in [0.25, 0.3) is 26.1 Å². The molecule has 1 aliphatic rings. The molecule has 1 aliphatic carbocycles. The molecular weight excluding hydrogens is 334 g/mol. The van der Waals surface area contributed by atoms with Crippen LogP contribution >= 0.6 is 11.3 Å². The van der Waals surface area contributed by atoms with Gasteiger partial charge in [-0.1, -0.05) is 12.1 Å². The normalized spacial score (nSPS) is 14.3. The molecular formula is C19H15N3O2S. The van der Waals surface area contributed by atoms with E-state index in [1.165, 1.54) is 29.7 Å². The van der Waals surface area contributed by atoms with E-state index in [9.17, 15) is 4.79 Å². The minimum atomic E-state index is -0.0748. The van der Waals surface area contributed by atoms with Gasteiger partial charge in [0.05, 0.1) is 18.2 Å². The fourth-order valence-electron chi connectivity index (χ4n) is 3.20. The highest BCUT2D eigenvalue weighted by molar-refractivity contribution is 7.25. The van der Waals surface area contributed by atoms with Gasteiger partial charge < -0.3 is 4.74 Å². The summed E-state index contributed by atoms with van der Waals surface area (Å²) >= 11 is 1.36. The summed E-state index contributed by atoms with van der Waals surface area (Å²) in [6, 6.07) is 10.0. The van der Waals surface area contributed by atoms with E-state index in [1.807, 2.05) is 12.1 Å². The zero-order valence-electron chi connectivity index (χ0n) is 13.6. The number of ether oxygens (including phenoxy) is 1. The van der Waals surface area contributed by atoms with E-state index < -0.39 is 0 Å². The van der Waals surface area contributed by atoms with Gasteiger partial charge in [-0.2, -0.15) is 0 Å². The van der Waals surface area contributed by atoms with Crippen LogP contribution in [0.2, 0.25) is 0 Å². The Morgan fingerprint density at radius 1 is 1.16 bits per heavy atom. The summed E-state index contributed by atoms with van der Waals surface area (Å²) in [7, 11) is 1.61. The van der Waals surface area contributed by atoms with Crippen LogP contribution < -0.4 is 10.3 Å². The third-order valence-corrected chi connectivity index (χ3v) is 5.76. The van der Waals surface area contributed by atoms with Crippen molar-refractivity contribution < 1.29 is 4.74 Å². The van der Waals surface area contributed by atoms with Crippen LogP contribution in [0.15, 0.2) is 47.7 Å². The highest BCUT2D eigenvalue weighted by Crippen LogP contribution is 2.40. The lowest BCUT2D eigenvalue weighted by Crippen LogP contribution is -2.17. The second kappa shape index (κ2) is 5.39. The number of hydrogen-bond donors (Lipinski definition) is 0. The fourth-order valence-corrected chi connectivity index (χ4v) is 4.25. The minimum absolute atomic E-state index is 0.0748. The van der Waals surface area contributed by atoms with Gasteiger partial charge in [0, 0.05) is 6.20 Å². The molecule has 0 amide bonds. The second-order valence-electron chi connectivity index (χ2n) is 6.26. The topological polar surface area (TPSA) is 57.0 Å². The molecule has 5 nitrogen and oxygen atoms in total. The average molecular weight is 349 g/mol. The molecule has 3 heterocycles. The predicted octanol–water partition coefficient (Wildman–Crippen LogP) is 3.88. The van der Waals surface area contributed by atoms with Gasteiger partial charge in [-0.05, 0) is 42.5 Å². The largest absolute Gasteiger partial charge is 0.496 e. The molecule has 4 aromatic rings. The molecule has 124 valence electrons. The lowest BCUT2D eigenvalue weighted by Gasteiger charge is -2.06. The standard InChI is InChI=1S/C19H15N3O2S/c1-24-14-8-9-20-18-15(14)16-17(25-18)19(23)22(10-21-16)13-6-4-12(5-7-13)11-2-3-11/h4-11H,2-3H2,1H3. The first kappa shape index (κ1) is 14.6. The molecule has 0 unspecified atom stereocenters. The first-order valence-electron chi connectivity index (χ1n) is 8.19. The summed E-state index contributed by atoms with van der Waals surface area (Å²) in [5.41, 5.74) is 2.76. The SMILES string of the molecule is COc1ccnc2sc3c(=O)n(-c4ccc(C5CC5)cc4)cnc3c12. The van der Waals surface area contributed by atoms with Gasteiger partial charge in [0.1, 0.15) is 27.1 Å². The Labute approximate surface area is 147 Å². The maximum atomic E-state index is 13.0. The Balaban J connectivity index is 1.71. The summed E-state index contributed by atoms with van der Waals surface area (Å²) < 4.78 is 7.60. The number of nitrogens with zero attached hydrogens (tertiary/aromatic N) is 3. The van der Waals surface area contributed by atoms with E-state index in [0.29, 0.717) is 21.9 Å². The third kappa shape index (κ3) is 2.25. The molecule has 0 saturated heterocycles. The summed E-state index contributed by atoms with van der Waals surface area (Å²) in [4.78, 5) is 22.7. The van der Waals surface area contributed by atoms with E-state index in [0.717, 1.165) is 15.9 Å². The van der Waals surface area contributed by atoms with Crippen LogP contribution in [0.3, 0.4) is 0 Å². The molecule has 5 rings (SSSR count). The maximum Gasteiger partial charge on any atom is 0.275 e. The minimum Gasteiger partial charge on any atom is -0.496 e. The highest BCUT2D eigenvalue weighted by atomic mass is 32.1. The lowest BCUT2D eigenvalue weighted by molar-refractivity contribution is 0.420. The lowest BCUT2D eigenvalue weighted by atomic mass is 10.1. The van der Waals surface area contributed by atoms with Gasteiger partial charge in [0.25, 0.3) is 5.56 Å². The van der Waals surface area contributed by atoms with Gasteiger partial charge in [-0.25, -0.2) is 9.97 Å². The Bertz CT molecular complexity index is 1160. The summed E-state index contributed by atoms with van der Waals surface area (Å²) in [5, 5.41) is 0.804. The first-order chi connectivity index (χ1) is 12.3. The van der Waals surface area contributed by atoms with Gasteiger partial charge in [-0.3, -0.25) is 9.36 Å². The van der Waals surface area contributed by atoms with Crippen LogP contribution in [-0.2, 0) is 0 Å².